The van der Waals surface area contributed by atoms with Gasteiger partial charge in [-0.1, -0.05) is 13.0 Å². The number of benzene rings is 1. The Balaban J connectivity index is 1.45. The smallest absolute Gasteiger partial charge is 0.408 e. The van der Waals surface area contributed by atoms with Crippen molar-refractivity contribution in [3.63, 3.8) is 0 Å². The fraction of sp³-hybridized carbons (Fsp3) is 0.476. The minimum Gasteiger partial charge on any atom is -0.408 e. The van der Waals surface area contributed by atoms with Crippen molar-refractivity contribution in [1.29, 1.82) is 0 Å². The summed E-state index contributed by atoms with van der Waals surface area (Å²) in [7, 11) is 0. The topological polar surface area (TPSA) is 84.1 Å². The molecule has 0 aliphatic carbocycles. The van der Waals surface area contributed by atoms with Crippen LogP contribution in [0, 0.1) is 6.92 Å². The maximum absolute atomic E-state index is 12.8. The van der Waals surface area contributed by atoms with E-state index in [4.69, 9.17) is 4.42 Å². The third kappa shape index (κ3) is 3.48. The summed E-state index contributed by atoms with van der Waals surface area (Å²) in [4.78, 5) is 26.9. The van der Waals surface area contributed by atoms with E-state index in [-0.39, 0.29) is 5.91 Å². The van der Waals surface area contributed by atoms with E-state index in [1.807, 2.05) is 30.2 Å². The maximum atomic E-state index is 12.8. The van der Waals surface area contributed by atoms with Crippen LogP contribution in [0.3, 0.4) is 0 Å². The second kappa shape index (κ2) is 7.66. The van der Waals surface area contributed by atoms with Crippen LogP contribution >= 0.6 is 0 Å². The second-order valence-corrected chi connectivity index (χ2v) is 7.58. The number of aromatic amines is 1. The average molecular weight is 382 g/mol. The zero-order valence-corrected chi connectivity index (χ0v) is 16.4. The zero-order chi connectivity index (χ0) is 19.7. The van der Waals surface area contributed by atoms with Crippen molar-refractivity contribution in [2.24, 2.45) is 0 Å². The van der Waals surface area contributed by atoms with Gasteiger partial charge in [-0.2, -0.15) is 5.10 Å². The summed E-state index contributed by atoms with van der Waals surface area (Å²) in [5, 5.41) is 7.30. The van der Waals surface area contributed by atoms with Crippen LogP contribution in [0.5, 0.6) is 0 Å². The molecule has 1 aliphatic heterocycles. The van der Waals surface area contributed by atoms with Gasteiger partial charge >= 0.3 is 5.76 Å². The number of aromatic nitrogens is 3. The summed E-state index contributed by atoms with van der Waals surface area (Å²) < 4.78 is 6.86. The molecule has 1 N–H and O–H groups in total. The fourth-order valence-electron chi connectivity index (χ4n) is 4.15. The minimum absolute atomic E-state index is 0.0798. The molecule has 7 heteroatoms. The van der Waals surface area contributed by atoms with Gasteiger partial charge in [0.1, 0.15) is 0 Å². The molecule has 0 radical (unpaired) electrons. The highest BCUT2D eigenvalue weighted by Gasteiger charge is 2.27. The summed E-state index contributed by atoms with van der Waals surface area (Å²) in [5.74, 6) is -0.0265. The Morgan fingerprint density at radius 3 is 3.07 bits per heavy atom. The Morgan fingerprint density at radius 2 is 2.25 bits per heavy atom. The quantitative estimate of drug-likeness (QED) is 0.735. The Kier molecular flexibility index (Phi) is 5.07. The van der Waals surface area contributed by atoms with Gasteiger partial charge in [-0.25, -0.2) is 4.79 Å². The first kappa shape index (κ1) is 18.5. The summed E-state index contributed by atoms with van der Waals surface area (Å²) in [6.07, 6.45) is 5.15. The van der Waals surface area contributed by atoms with Gasteiger partial charge in [-0.05, 0) is 49.4 Å². The number of amides is 1. The number of aryl methyl sites for hydroxylation is 3. The van der Waals surface area contributed by atoms with Crippen LogP contribution in [0.25, 0.3) is 11.1 Å². The second-order valence-electron chi connectivity index (χ2n) is 7.58. The summed E-state index contributed by atoms with van der Waals surface area (Å²) in [5.41, 5.74) is 4.75. The van der Waals surface area contributed by atoms with Crippen LogP contribution in [0.15, 0.2) is 33.6 Å². The molecule has 3 heterocycles. The third-order valence-electron chi connectivity index (χ3n) is 5.69. The number of piperidine rings is 1. The number of likely N-dealkylation sites (tertiary alicyclic amines) is 1. The monoisotopic (exact) mass is 382 g/mol. The predicted molar refractivity (Wildman–Crippen MR) is 106 cm³/mol. The van der Waals surface area contributed by atoms with E-state index in [2.05, 4.69) is 17.1 Å². The molecule has 148 valence electrons. The van der Waals surface area contributed by atoms with Crippen LogP contribution in [-0.4, -0.2) is 38.7 Å². The number of carbonyl (C=O) groups excluding carboxylic acids is 1. The van der Waals surface area contributed by atoms with E-state index in [9.17, 15) is 9.59 Å². The van der Waals surface area contributed by atoms with Gasteiger partial charge in [0, 0.05) is 37.7 Å². The standard InChI is InChI=1S/C21H26N4O3/c1-3-15-12-22-23-20(15)16-5-4-9-24(13-16)19(26)8-10-25-17-11-14(2)6-7-18(17)28-21(25)27/h6-7,11-12,16H,3-5,8-10,13H2,1-2H3,(H,22,23)/t16-/m1/s1. The van der Waals surface area contributed by atoms with Gasteiger partial charge in [0.25, 0.3) is 0 Å². The van der Waals surface area contributed by atoms with Crippen molar-refractivity contribution >= 4 is 17.0 Å². The van der Waals surface area contributed by atoms with Crippen LogP contribution < -0.4 is 5.76 Å². The zero-order valence-electron chi connectivity index (χ0n) is 16.4. The molecule has 1 aliphatic rings. The number of rotatable bonds is 5. The van der Waals surface area contributed by atoms with Gasteiger partial charge in [-0.3, -0.25) is 14.5 Å². The fourth-order valence-corrected chi connectivity index (χ4v) is 4.15. The highest BCUT2D eigenvalue weighted by Crippen LogP contribution is 2.28. The SMILES string of the molecule is CCc1cn[nH]c1[C@@H]1CCCN(C(=O)CCn2c(=O)oc3ccc(C)cc32)C1. The van der Waals surface area contributed by atoms with Crippen LogP contribution in [-0.2, 0) is 17.8 Å². The van der Waals surface area contributed by atoms with Crippen molar-refractivity contribution in [1.82, 2.24) is 19.7 Å². The van der Waals surface area contributed by atoms with Crippen molar-refractivity contribution in [2.75, 3.05) is 13.1 Å². The van der Waals surface area contributed by atoms with Crippen molar-refractivity contribution in [2.45, 2.75) is 52.0 Å². The molecule has 4 rings (SSSR count). The number of nitrogens with one attached hydrogen (secondary N) is 1. The van der Waals surface area contributed by atoms with Crippen LogP contribution in [0.4, 0.5) is 0 Å². The minimum atomic E-state index is -0.407. The molecule has 3 aromatic rings. The summed E-state index contributed by atoms with van der Waals surface area (Å²) >= 11 is 0. The Hall–Kier alpha value is -2.83. The lowest BCUT2D eigenvalue weighted by atomic mass is 9.92. The van der Waals surface area contributed by atoms with Crippen LogP contribution in [0.1, 0.15) is 48.9 Å². The van der Waals surface area contributed by atoms with E-state index in [1.165, 1.54) is 5.56 Å². The van der Waals surface area contributed by atoms with Crippen molar-refractivity contribution in [3.8, 4) is 0 Å². The first-order valence-electron chi connectivity index (χ1n) is 9.96. The Bertz CT molecular complexity index is 1050. The third-order valence-corrected chi connectivity index (χ3v) is 5.69. The van der Waals surface area contributed by atoms with Crippen molar-refractivity contribution in [3.05, 3.63) is 51.8 Å². The highest BCUT2D eigenvalue weighted by molar-refractivity contribution is 5.77. The van der Waals surface area contributed by atoms with E-state index in [1.54, 1.807) is 10.6 Å². The lowest BCUT2D eigenvalue weighted by molar-refractivity contribution is -0.132. The van der Waals surface area contributed by atoms with Crippen molar-refractivity contribution < 1.29 is 9.21 Å². The number of carbonyl (C=O) groups is 1. The van der Waals surface area contributed by atoms with Gasteiger partial charge in [0.05, 0.1) is 11.7 Å². The molecule has 0 unspecified atom stereocenters. The molecule has 2 aromatic heterocycles. The largest absolute Gasteiger partial charge is 0.419 e. The summed E-state index contributed by atoms with van der Waals surface area (Å²) in [6, 6.07) is 5.64. The molecule has 1 fully saturated rings. The molecular weight excluding hydrogens is 356 g/mol. The molecule has 28 heavy (non-hydrogen) atoms. The molecular formula is C21H26N4O3. The molecule has 1 amide bonds. The lowest BCUT2D eigenvalue weighted by Crippen LogP contribution is -2.40. The molecule has 0 saturated carbocycles. The Morgan fingerprint density at radius 1 is 1.39 bits per heavy atom. The normalized spacial score (nSPS) is 17.4. The van der Waals surface area contributed by atoms with Gasteiger partial charge in [0.15, 0.2) is 5.58 Å². The van der Waals surface area contributed by atoms with Gasteiger partial charge < -0.3 is 9.32 Å². The molecule has 0 spiro atoms. The van der Waals surface area contributed by atoms with E-state index in [0.717, 1.165) is 42.6 Å². The van der Waals surface area contributed by atoms with Crippen LogP contribution in [0.2, 0.25) is 0 Å². The van der Waals surface area contributed by atoms with E-state index < -0.39 is 5.76 Å². The highest BCUT2D eigenvalue weighted by atomic mass is 16.4. The number of hydrogen-bond donors (Lipinski definition) is 1. The number of hydrogen-bond acceptors (Lipinski definition) is 4. The maximum Gasteiger partial charge on any atom is 0.419 e. The molecule has 1 saturated heterocycles. The van der Waals surface area contributed by atoms with Gasteiger partial charge in [0.2, 0.25) is 5.91 Å². The van der Waals surface area contributed by atoms with E-state index >= 15 is 0 Å². The average Bonchev–Trinajstić information content (AvgIpc) is 3.30. The summed E-state index contributed by atoms with van der Waals surface area (Å²) in [6.45, 7) is 5.90. The number of nitrogens with zero attached hydrogens (tertiary/aromatic N) is 3. The first-order chi connectivity index (χ1) is 13.6. The molecule has 0 bridgehead atoms. The van der Waals surface area contributed by atoms with Gasteiger partial charge in [-0.15, -0.1) is 0 Å². The van der Waals surface area contributed by atoms with E-state index in [0.29, 0.717) is 31.0 Å². The Labute approximate surface area is 163 Å². The molecule has 1 atom stereocenters. The lowest BCUT2D eigenvalue weighted by Gasteiger charge is -2.32. The number of H-pyrrole nitrogens is 1. The number of fused-ring (bicyclic) bond motifs is 1. The first-order valence-corrected chi connectivity index (χ1v) is 9.96. The predicted octanol–water partition coefficient (Wildman–Crippen LogP) is 2.98. The number of oxazole rings is 1. The molecule has 7 nitrogen and oxygen atoms in total. The molecule has 1 aromatic carbocycles.